The van der Waals surface area contributed by atoms with Gasteiger partial charge in [0.25, 0.3) is 5.91 Å². The molecule has 1 aliphatic heterocycles. The van der Waals surface area contributed by atoms with Crippen molar-refractivity contribution in [1.29, 1.82) is 0 Å². The highest BCUT2D eigenvalue weighted by Crippen LogP contribution is 2.29. The van der Waals surface area contributed by atoms with Crippen LogP contribution in [0.5, 0.6) is 0 Å². The molecule has 1 N–H and O–H groups in total. The number of hydrogen-bond donors (Lipinski definition) is 1. The molecule has 0 saturated carbocycles. The standard InChI is InChI=1S/C26H27N3O5/c1-17(31)23-16-28(11-5-13-30)24(27-23)21-9-8-19(26(33)34-2)14-22(21)25(32)29-12-10-18-6-3-4-7-20(18)15-29/h3-4,6-9,14,16,30H,5,10-13,15H2,1-2H3. The minimum Gasteiger partial charge on any atom is -0.465 e. The molecule has 0 fully saturated rings. The third-order valence-corrected chi connectivity index (χ3v) is 6.02. The highest BCUT2D eigenvalue weighted by atomic mass is 16.5. The van der Waals surface area contributed by atoms with Crippen molar-refractivity contribution >= 4 is 17.7 Å². The number of hydrogen-bond acceptors (Lipinski definition) is 6. The number of amides is 1. The maximum absolute atomic E-state index is 13.8. The molecule has 2 aromatic carbocycles. The van der Waals surface area contributed by atoms with E-state index in [4.69, 9.17) is 4.74 Å². The number of aromatic nitrogens is 2. The number of Topliss-reactive ketones (excluding diaryl/α,β-unsaturated/α-hetero) is 1. The fourth-order valence-corrected chi connectivity index (χ4v) is 4.21. The van der Waals surface area contributed by atoms with Gasteiger partial charge in [-0.1, -0.05) is 24.3 Å². The van der Waals surface area contributed by atoms with Crippen LogP contribution in [0, 0.1) is 0 Å². The summed E-state index contributed by atoms with van der Waals surface area (Å²) in [5, 5.41) is 9.31. The molecular formula is C26H27N3O5. The quantitative estimate of drug-likeness (QED) is 0.429. The minimum atomic E-state index is -0.544. The van der Waals surface area contributed by atoms with E-state index in [1.165, 1.54) is 25.7 Å². The van der Waals surface area contributed by atoms with Gasteiger partial charge in [0.2, 0.25) is 0 Å². The summed E-state index contributed by atoms with van der Waals surface area (Å²) < 4.78 is 6.63. The lowest BCUT2D eigenvalue weighted by molar-refractivity contribution is 0.0600. The maximum atomic E-state index is 13.8. The van der Waals surface area contributed by atoms with Crippen LogP contribution in [-0.2, 0) is 24.2 Å². The molecule has 0 atom stereocenters. The zero-order valence-corrected chi connectivity index (χ0v) is 19.3. The van der Waals surface area contributed by atoms with Gasteiger partial charge in [-0.05, 0) is 42.2 Å². The molecule has 3 aromatic rings. The van der Waals surface area contributed by atoms with Gasteiger partial charge in [-0.25, -0.2) is 9.78 Å². The molecule has 0 bridgehead atoms. The van der Waals surface area contributed by atoms with E-state index >= 15 is 0 Å². The van der Waals surface area contributed by atoms with Crippen LogP contribution >= 0.6 is 0 Å². The van der Waals surface area contributed by atoms with Crippen molar-refractivity contribution in [3.8, 4) is 11.4 Å². The number of nitrogens with zero attached hydrogens (tertiary/aromatic N) is 3. The number of aryl methyl sites for hydroxylation is 1. The molecule has 0 radical (unpaired) electrons. The van der Waals surface area contributed by atoms with E-state index in [2.05, 4.69) is 11.1 Å². The molecule has 8 heteroatoms. The van der Waals surface area contributed by atoms with Crippen molar-refractivity contribution in [3.63, 3.8) is 0 Å². The average Bonchev–Trinajstić information content (AvgIpc) is 3.30. The number of fused-ring (bicyclic) bond motifs is 1. The van der Waals surface area contributed by atoms with E-state index in [1.807, 2.05) is 18.2 Å². The second-order valence-electron chi connectivity index (χ2n) is 8.27. The van der Waals surface area contributed by atoms with Crippen LogP contribution in [0.15, 0.2) is 48.7 Å². The summed E-state index contributed by atoms with van der Waals surface area (Å²) in [6.07, 6.45) is 2.84. The number of methoxy groups -OCH3 is 1. The first kappa shape index (κ1) is 23.4. The van der Waals surface area contributed by atoms with Crippen LogP contribution in [0.1, 0.15) is 55.7 Å². The molecule has 1 aliphatic rings. The normalized spacial score (nSPS) is 12.9. The van der Waals surface area contributed by atoms with E-state index in [0.717, 1.165) is 12.0 Å². The Hall–Kier alpha value is -3.78. The summed E-state index contributed by atoms with van der Waals surface area (Å²) in [5.74, 6) is -0.527. The molecule has 0 unspecified atom stereocenters. The Bertz CT molecular complexity index is 1250. The Morgan fingerprint density at radius 2 is 1.88 bits per heavy atom. The van der Waals surface area contributed by atoms with Crippen molar-refractivity contribution in [3.05, 3.63) is 76.6 Å². The number of esters is 1. The van der Waals surface area contributed by atoms with Gasteiger partial charge in [0.05, 0.1) is 18.2 Å². The number of aliphatic hydroxyl groups excluding tert-OH is 1. The van der Waals surface area contributed by atoms with Crippen molar-refractivity contribution in [2.45, 2.75) is 32.9 Å². The van der Waals surface area contributed by atoms with Crippen molar-refractivity contribution < 1.29 is 24.2 Å². The molecule has 4 rings (SSSR count). The van der Waals surface area contributed by atoms with Gasteiger partial charge >= 0.3 is 5.97 Å². The predicted octanol–water partition coefficient (Wildman–Crippen LogP) is 3.12. The van der Waals surface area contributed by atoms with E-state index in [-0.39, 0.29) is 29.6 Å². The lowest BCUT2D eigenvalue weighted by Crippen LogP contribution is -2.36. The molecule has 1 aromatic heterocycles. The summed E-state index contributed by atoms with van der Waals surface area (Å²) >= 11 is 0. The first-order chi connectivity index (χ1) is 16.4. The lowest BCUT2D eigenvalue weighted by atomic mass is 9.97. The molecule has 0 aliphatic carbocycles. The second kappa shape index (κ2) is 10.0. The Morgan fingerprint density at radius 1 is 1.12 bits per heavy atom. The first-order valence-corrected chi connectivity index (χ1v) is 11.2. The highest BCUT2D eigenvalue weighted by Gasteiger charge is 2.27. The molecule has 1 amide bonds. The molecule has 2 heterocycles. The minimum absolute atomic E-state index is 0.0206. The number of carbonyl (C=O) groups excluding carboxylic acids is 3. The molecular weight excluding hydrogens is 434 g/mol. The van der Waals surface area contributed by atoms with Gasteiger partial charge in [0, 0.05) is 44.9 Å². The number of benzene rings is 2. The summed E-state index contributed by atoms with van der Waals surface area (Å²) in [6, 6.07) is 12.8. The summed E-state index contributed by atoms with van der Waals surface area (Å²) in [5.41, 5.74) is 3.68. The zero-order chi connectivity index (χ0) is 24.2. The third kappa shape index (κ3) is 4.63. The van der Waals surface area contributed by atoms with Gasteiger partial charge in [-0.3, -0.25) is 9.59 Å². The fourth-order valence-electron chi connectivity index (χ4n) is 4.21. The summed E-state index contributed by atoms with van der Waals surface area (Å²) in [6.45, 7) is 2.85. The van der Waals surface area contributed by atoms with Gasteiger partial charge < -0.3 is 19.3 Å². The molecule has 34 heavy (non-hydrogen) atoms. The van der Waals surface area contributed by atoms with Crippen LogP contribution < -0.4 is 0 Å². The first-order valence-electron chi connectivity index (χ1n) is 11.2. The van der Waals surface area contributed by atoms with Gasteiger partial charge in [0.15, 0.2) is 5.78 Å². The summed E-state index contributed by atoms with van der Waals surface area (Å²) in [4.78, 5) is 44.3. The SMILES string of the molecule is COC(=O)c1ccc(-c2nc(C(C)=O)cn2CCCO)c(C(=O)N2CCc3ccccc3C2)c1. The van der Waals surface area contributed by atoms with Crippen LogP contribution in [-0.4, -0.2) is 57.5 Å². The Kier molecular flexibility index (Phi) is 6.88. The molecule has 0 spiro atoms. The van der Waals surface area contributed by atoms with Crippen LogP contribution in [0.2, 0.25) is 0 Å². The number of imidazole rings is 1. The van der Waals surface area contributed by atoms with E-state index < -0.39 is 5.97 Å². The number of ether oxygens (including phenoxy) is 1. The number of carbonyl (C=O) groups is 3. The van der Waals surface area contributed by atoms with E-state index in [9.17, 15) is 19.5 Å². The second-order valence-corrected chi connectivity index (χ2v) is 8.27. The third-order valence-electron chi connectivity index (χ3n) is 6.02. The largest absolute Gasteiger partial charge is 0.465 e. The maximum Gasteiger partial charge on any atom is 0.337 e. The Labute approximate surface area is 197 Å². The average molecular weight is 462 g/mol. The van der Waals surface area contributed by atoms with Gasteiger partial charge in [0.1, 0.15) is 11.5 Å². The lowest BCUT2D eigenvalue weighted by Gasteiger charge is -2.29. The zero-order valence-electron chi connectivity index (χ0n) is 19.3. The van der Waals surface area contributed by atoms with E-state index in [1.54, 1.807) is 27.8 Å². The molecule has 176 valence electrons. The van der Waals surface area contributed by atoms with Crippen molar-refractivity contribution in [2.75, 3.05) is 20.3 Å². The number of rotatable bonds is 7. The highest BCUT2D eigenvalue weighted by molar-refractivity contribution is 6.03. The Morgan fingerprint density at radius 3 is 2.59 bits per heavy atom. The van der Waals surface area contributed by atoms with Crippen LogP contribution in [0.3, 0.4) is 0 Å². The fraction of sp³-hybridized carbons (Fsp3) is 0.308. The smallest absolute Gasteiger partial charge is 0.337 e. The van der Waals surface area contributed by atoms with E-state index in [0.29, 0.717) is 43.0 Å². The monoisotopic (exact) mass is 461 g/mol. The molecule has 0 saturated heterocycles. The number of aliphatic hydroxyl groups is 1. The topological polar surface area (TPSA) is 102 Å². The van der Waals surface area contributed by atoms with Gasteiger partial charge in [-0.15, -0.1) is 0 Å². The van der Waals surface area contributed by atoms with Crippen LogP contribution in [0.25, 0.3) is 11.4 Å². The Balaban J connectivity index is 1.80. The van der Waals surface area contributed by atoms with Gasteiger partial charge in [-0.2, -0.15) is 0 Å². The summed E-state index contributed by atoms with van der Waals surface area (Å²) in [7, 11) is 1.29. The van der Waals surface area contributed by atoms with Crippen molar-refractivity contribution in [1.82, 2.24) is 14.5 Å². The van der Waals surface area contributed by atoms with Crippen LogP contribution in [0.4, 0.5) is 0 Å². The predicted molar refractivity (Wildman–Crippen MR) is 126 cm³/mol. The number of ketones is 1. The molecule has 8 nitrogen and oxygen atoms in total. The van der Waals surface area contributed by atoms with Crippen molar-refractivity contribution in [2.24, 2.45) is 0 Å².